The van der Waals surface area contributed by atoms with Gasteiger partial charge in [-0.2, -0.15) is 0 Å². The van der Waals surface area contributed by atoms with E-state index in [2.05, 4.69) is 33.8 Å². The first-order valence-corrected chi connectivity index (χ1v) is 6.48. The van der Waals surface area contributed by atoms with Crippen molar-refractivity contribution in [1.82, 2.24) is 19.9 Å². The van der Waals surface area contributed by atoms with Crippen molar-refractivity contribution in [1.29, 1.82) is 0 Å². The molecule has 2 N–H and O–H groups in total. The Hall–Kier alpha value is -2.24. The van der Waals surface area contributed by atoms with Crippen LogP contribution in [0.15, 0.2) is 34.5 Å². The average Bonchev–Trinajstić information content (AvgIpc) is 2.40. The van der Waals surface area contributed by atoms with Crippen LogP contribution < -0.4 is 11.2 Å². The first kappa shape index (κ1) is 15.8. The highest BCUT2D eigenvalue weighted by molar-refractivity contribution is 5.08. The van der Waals surface area contributed by atoms with E-state index < -0.39 is 5.69 Å². The molecule has 2 rings (SSSR count). The molecular weight excluding hydrogens is 256 g/mol. The van der Waals surface area contributed by atoms with Gasteiger partial charge in [0.15, 0.2) is 0 Å². The van der Waals surface area contributed by atoms with Crippen molar-refractivity contribution < 1.29 is 0 Å². The minimum Gasteiger partial charge on any atom is -0.314 e. The molecule has 0 radical (unpaired) electrons. The predicted molar refractivity (Wildman–Crippen MR) is 77.9 cm³/mol. The van der Waals surface area contributed by atoms with E-state index in [-0.39, 0.29) is 11.5 Å². The van der Waals surface area contributed by atoms with Gasteiger partial charge in [0.1, 0.15) is 6.33 Å². The van der Waals surface area contributed by atoms with Crippen molar-refractivity contribution >= 4 is 0 Å². The third kappa shape index (κ3) is 4.79. The maximum Gasteiger partial charge on any atom is 0.325 e. The second-order valence-corrected chi connectivity index (χ2v) is 5.01. The van der Waals surface area contributed by atoms with E-state index in [1.54, 1.807) is 6.33 Å². The monoisotopic (exact) mass is 276 g/mol. The van der Waals surface area contributed by atoms with Crippen molar-refractivity contribution in [2.75, 3.05) is 0 Å². The van der Waals surface area contributed by atoms with Gasteiger partial charge in [-0.3, -0.25) is 9.78 Å². The maximum absolute atomic E-state index is 11.0. The summed E-state index contributed by atoms with van der Waals surface area (Å²) in [5.41, 5.74) is 1.03. The van der Waals surface area contributed by atoms with E-state index in [4.69, 9.17) is 0 Å². The first-order valence-electron chi connectivity index (χ1n) is 6.48. The highest BCUT2D eigenvalue weighted by atomic mass is 16.2. The first-order chi connectivity index (χ1) is 9.41. The summed E-state index contributed by atoms with van der Waals surface area (Å²) >= 11 is 0. The van der Waals surface area contributed by atoms with Crippen LogP contribution in [-0.4, -0.2) is 19.9 Å². The van der Waals surface area contributed by atoms with Crippen LogP contribution in [0.2, 0.25) is 0 Å². The molecule has 0 bridgehead atoms. The largest absolute Gasteiger partial charge is 0.325 e. The smallest absolute Gasteiger partial charge is 0.314 e. The summed E-state index contributed by atoms with van der Waals surface area (Å²) < 4.78 is 0. The van der Waals surface area contributed by atoms with Gasteiger partial charge in [0.05, 0.1) is 0 Å². The summed E-state index contributed by atoms with van der Waals surface area (Å²) in [6.07, 6.45) is 6.69. The molecule has 2 aromatic rings. The predicted octanol–water partition coefficient (Wildman–Crippen LogP) is 1.79. The molecule has 0 saturated carbocycles. The number of hydrogen-bond donors (Lipinski definition) is 2. The van der Waals surface area contributed by atoms with E-state index in [1.165, 1.54) is 11.8 Å². The van der Waals surface area contributed by atoms with Gasteiger partial charge in [0, 0.05) is 24.2 Å². The SMILES string of the molecule is CC(C)c1c[nH]c(=O)[nH]c1=O.CC(C)c1cncnc1. The van der Waals surface area contributed by atoms with Crippen LogP contribution in [0, 0.1) is 0 Å². The van der Waals surface area contributed by atoms with Crippen LogP contribution >= 0.6 is 0 Å². The molecule has 20 heavy (non-hydrogen) atoms. The number of nitrogens with zero attached hydrogens (tertiary/aromatic N) is 2. The van der Waals surface area contributed by atoms with Crippen LogP contribution in [0.4, 0.5) is 0 Å². The molecule has 0 unspecified atom stereocenters. The summed E-state index contributed by atoms with van der Waals surface area (Å²) in [5.74, 6) is 0.668. The van der Waals surface area contributed by atoms with Gasteiger partial charge < -0.3 is 4.98 Å². The Labute approximate surface area is 117 Å². The highest BCUT2D eigenvalue weighted by Crippen LogP contribution is 2.09. The molecule has 0 atom stereocenters. The Morgan fingerprint density at radius 1 is 1.00 bits per heavy atom. The molecule has 0 amide bonds. The summed E-state index contributed by atoms with van der Waals surface area (Å²) in [7, 11) is 0. The average molecular weight is 276 g/mol. The fourth-order valence-electron chi connectivity index (χ4n) is 1.46. The van der Waals surface area contributed by atoms with Gasteiger partial charge in [0.25, 0.3) is 5.56 Å². The summed E-state index contributed by atoms with van der Waals surface area (Å²) in [6, 6.07) is 0. The second-order valence-electron chi connectivity index (χ2n) is 5.01. The minimum absolute atomic E-state index is 0.135. The van der Waals surface area contributed by atoms with Crippen molar-refractivity contribution in [2.24, 2.45) is 0 Å². The van der Waals surface area contributed by atoms with Gasteiger partial charge in [-0.1, -0.05) is 27.7 Å². The zero-order valence-electron chi connectivity index (χ0n) is 12.2. The zero-order chi connectivity index (χ0) is 15.1. The van der Waals surface area contributed by atoms with Gasteiger partial charge in [-0.15, -0.1) is 0 Å². The van der Waals surface area contributed by atoms with Gasteiger partial charge in [-0.25, -0.2) is 14.8 Å². The third-order valence-corrected chi connectivity index (χ3v) is 2.72. The van der Waals surface area contributed by atoms with E-state index in [0.29, 0.717) is 11.5 Å². The highest BCUT2D eigenvalue weighted by Gasteiger charge is 2.03. The standard InChI is InChI=1S/C7H10N2O2.C7H10N2/c1-4(2)5-3-8-7(11)9-6(5)10;1-6(2)7-3-8-5-9-4-7/h3-4H,1-2H3,(H2,8,9,10,11);3-6H,1-2H3. The molecule has 108 valence electrons. The molecule has 0 aliphatic heterocycles. The molecule has 0 aliphatic rings. The van der Waals surface area contributed by atoms with E-state index in [1.807, 2.05) is 26.2 Å². The van der Waals surface area contributed by atoms with E-state index in [0.717, 1.165) is 0 Å². The second kappa shape index (κ2) is 7.37. The Morgan fingerprint density at radius 3 is 2.00 bits per heavy atom. The molecule has 0 aromatic carbocycles. The van der Waals surface area contributed by atoms with Crippen LogP contribution in [0.25, 0.3) is 0 Å². The van der Waals surface area contributed by atoms with Crippen molar-refractivity contribution in [3.63, 3.8) is 0 Å². The fourth-order valence-corrected chi connectivity index (χ4v) is 1.46. The summed E-state index contributed by atoms with van der Waals surface area (Å²) in [4.78, 5) is 33.9. The number of aromatic amines is 2. The Bertz CT molecular complexity index is 629. The molecule has 0 saturated heterocycles. The molecule has 2 aromatic heterocycles. The zero-order valence-corrected chi connectivity index (χ0v) is 12.2. The number of hydrogen-bond acceptors (Lipinski definition) is 4. The molecule has 0 aliphatic carbocycles. The van der Waals surface area contributed by atoms with Crippen molar-refractivity contribution in [3.05, 3.63) is 56.9 Å². The number of nitrogens with one attached hydrogen (secondary N) is 2. The quantitative estimate of drug-likeness (QED) is 0.874. The van der Waals surface area contributed by atoms with Gasteiger partial charge >= 0.3 is 5.69 Å². The van der Waals surface area contributed by atoms with Crippen LogP contribution in [0.1, 0.15) is 50.7 Å². The lowest BCUT2D eigenvalue weighted by molar-refractivity contribution is 0.820. The molecule has 0 fully saturated rings. The topological polar surface area (TPSA) is 91.5 Å². The Balaban J connectivity index is 0.000000204. The Kier molecular flexibility index (Phi) is 5.83. The van der Waals surface area contributed by atoms with Crippen LogP contribution in [-0.2, 0) is 0 Å². The lowest BCUT2D eigenvalue weighted by Gasteiger charge is -2.00. The van der Waals surface area contributed by atoms with Crippen molar-refractivity contribution in [2.45, 2.75) is 39.5 Å². The molecule has 6 nitrogen and oxygen atoms in total. The molecule has 0 spiro atoms. The third-order valence-electron chi connectivity index (χ3n) is 2.72. The van der Waals surface area contributed by atoms with Crippen LogP contribution in [0.5, 0.6) is 0 Å². The Morgan fingerprint density at radius 2 is 1.60 bits per heavy atom. The lowest BCUT2D eigenvalue weighted by Crippen LogP contribution is -2.24. The van der Waals surface area contributed by atoms with E-state index in [9.17, 15) is 9.59 Å². The van der Waals surface area contributed by atoms with E-state index >= 15 is 0 Å². The summed E-state index contributed by atoms with van der Waals surface area (Å²) in [5, 5.41) is 0. The number of H-pyrrole nitrogens is 2. The fraction of sp³-hybridized carbons (Fsp3) is 0.429. The normalized spacial score (nSPS) is 10.3. The van der Waals surface area contributed by atoms with Crippen molar-refractivity contribution in [3.8, 4) is 0 Å². The summed E-state index contributed by atoms with van der Waals surface area (Å²) in [6.45, 7) is 8.03. The molecular formula is C14H20N4O2. The number of aromatic nitrogens is 4. The maximum atomic E-state index is 11.0. The van der Waals surface area contributed by atoms with Gasteiger partial charge in [0.2, 0.25) is 0 Å². The molecule has 6 heteroatoms. The van der Waals surface area contributed by atoms with Crippen LogP contribution in [0.3, 0.4) is 0 Å². The molecule has 2 heterocycles. The number of rotatable bonds is 2. The minimum atomic E-state index is -0.459. The lowest BCUT2D eigenvalue weighted by atomic mass is 10.1. The van der Waals surface area contributed by atoms with Gasteiger partial charge in [-0.05, 0) is 17.4 Å².